The first-order chi connectivity index (χ1) is 11.7. The van der Waals surface area contributed by atoms with Crippen molar-refractivity contribution in [3.8, 4) is 0 Å². The molecule has 4 nitrogen and oxygen atoms in total. The molecule has 130 valence electrons. The summed E-state index contributed by atoms with van der Waals surface area (Å²) in [6, 6.07) is 6.22. The van der Waals surface area contributed by atoms with Gasteiger partial charge in [-0.2, -0.15) is 0 Å². The molecule has 1 aromatic carbocycles. The maximum atomic E-state index is 12.3. The molecule has 0 aliphatic carbocycles. The van der Waals surface area contributed by atoms with Crippen LogP contribution in [0.1, 0.15) is 31.2 Å². The fraction of sp³-hybridized carbons (Fsp3) is 0.450. The number of hydrogen-bond donors (Lipinski definition) is 1. The Morgan fingerprint density at radius 1 is 1.17 bits per heavy atom. The van der Waals surface area contributed by atoms with Crippen molar-refractivity contribution in [2.24, 2.45) is 0 Å². The first kappa shape index (κ1) is 18.1. The Morgan fingerprint density at radius 2 is 1.83 bits per heavy atom. The SMILES string of the molecule is C=CCN(CC=C)C(=O)CCc1ccc(N2CCCCC2)c(N)c1. The molecule has 2 rings (SSSR count). The summed E-state index contributed by atoms with van der Waals surface area (Å²) in [5.74, 6) is 0.119. The highest BCUT2D eigenvalue weighted by molar-refractivity contribution is 5.77. The molecule has 1 aliphatic rings. The van der Waals surface area contributed by atoms with Crippen molar-refractivity contribution >= 4 is 17.3 Å². The molecule has 2 N–H and O–H groups in total. The number of aryl methyl sites for hydroxylation is 1. The molecule has 1 aliphatic heterocycles. The summed E-state index contributed by atoms with van der Waals surface area (Å²) in [5.41, 5.74) is 9.31. The predicted molar refractivity (Wildman–Crippen MR) is 102 cm³/mol. The topological polar surface area (TPSA) is 49.6 Å². The third-order valence-electron chi connectivity index (χ3n) is 4.47. The van der Waals surface area contributed by atoms with Crippen molar-refractivity contribution in [3.63, 3.8) is 0 Å². The van der Waals surface area contributed by atoms with Gasteiger partial charge in [-0.05, 0) is 43.4 Å². The highest BCUT2D eigenvalue weighted by Crippen LogP contribution is 2.27. The van der Waals surface area contributed by atoms with Gasteiger partial charge in [-0.25, -0.2) is 0 Å². The molecule has 1 aromatic rings. The molecule has 0 bridgehead atoms. The summed E-state index contributed by atoms with van der Waals surface area (Å²) in [5, 5.41) is 0. The lowest BCUT2D eigenvalue weighted by atomic mass is 10.0. The Bertz CT molecular complexity index is 566. The highest BCUT2D eigenvalue weighted by Gasteiger charge is 2.15. The second-order valence-electron chi connectivity index (χ2n) is 6.32. The van der Waals surface area contributed by atoms with Gasteiger partial charge in [0.1, 0.15) is 0 Å². The smallest absolute Gasteiger partial charge is 0.223 e. The fourth-order valence-electron chi connectivity index (χ4n) is 3.18. The van der Waals surface area contributed by atoms with E-state index in [2.05, 4.69) is 30.2 Å². The van der Waals surface area contributed by atoms with E-state index in [0.717, 1.165) is 30.0 Å². The van der Waals surface area contributed by atoms with E-state index >= 15 is 0 Å². The van der Waals surface area contributed by atoms with E-state index in [4.69, 9.17) is 5.73 Å². The zero-order valence-corrected chi connectivity index (χ0v) is 14.5. The highest BCUT2D eigenvalue weighted by atomic mass is 16.2. The van der Waals surface area contributed by atoms with Crippen LogP contribution < -0.4 is 10.6 Å². The van der Waals surface area contributed by atoms with Gasteiger partial charge in [0.25, 0.3) is 0 Å². The molecule has 1 saturated heterocycles. The van der Waals surface area contributed by atoms with E-state index in [1.807, 2.05) is 6.07 Å². The van der Waals surface area contributed by atoms with E-state index in [1.165, 1.54) is 19.3 Å². The number of hydrogen-bond acceptors (Lipinski definition) is 3. The third-order valence-corrected chi connectivity index (χ3v) is 4.47. The summed E-state index contributed by atoms with van der Waals surface area (Å²) < 4.78 is 0. The van der Waals surface area contributed by atoms with Crippen molar-refractivity contribution in [1.82, 2.24) is 4.90 Å². The lowest BCUT2D eigenvalue weighted by Gasteiger charge is -2.30. The van der Waals surface area contributed by atoms with E-state index in [-0.39, 0.29) is 5.91 Å². The summed E-state index contributed by atoms with van der Waals surface area (Å²) >= 11 is 0. The molecule has 0 radical (unpaired) electrons. The quantitative estimate of drug-likeness (QED) is 0.588. The number of nitrogen functional groups attached to an aromatic ring is 1. The van der Waals surface area contributed by atoms with Crippen LogP contribution in [-0.2, 0) is 11.2 Å². The minimum absolute atomic E-state index is 0.119. The summed E-state index contributed by atoms with van der Waals surface area (Å²) in [7, 11) is 0. The van der Waals surface area contributed by atoms with Crippen molar-refractivity contribution in [3.05, 3.63) is 49.1 Å². The Labute approximate surface area is 145 Å². The average Bonchev–Trinajstić information content (AvgIpc) is 2.60. The van der Waals surface area contributed by atoms with Gasteiger partial charge in [0.2, 0.25) is 5.91 Å². The Morgan fingerprint density at radius 3 is 2.42 bits per heavy atom. The monoisotopic (exact) mass is 327 g/mol. The minimum atomic E-state index is 0.119. The van der Waals surface area contributed by atoms with E-state index < -0.39 is 0 Å². The summed E-state index contributed by atoms with van der Waals surface area (Å²) in [6.07, 6.45) is 8.44. The van der Waals surface area contributed by atoms with Crippen LogP contribution in [0.5, 0.6) is 0 Å². The normalized spacial score (nSPS) is 14.2. The number of amides is 1. The molecule has 0 aromatic heterocycles. The zero-order chi connectivity index (χ0) is 17.4. The zero-order valence-electron chi connectivity index (χ0n) is 14.5. The second-order valence-corrected chi connectivity index (χ2v) is 6.32. The molecule has 0 unspecified atom stereocenters. The molecule has 0 saturated carbocycles. The molecule has 1 fully saturated rings. The number of nitrogens with zero attached hydrogens (tertiary/aromatic N) is 2. The summed E-state index contributed by atoms with van der Waals surface area (Å²) in [4.78, 5) is 16.4. The first-order valence-electron chi connectivity index (χ1n) is 8.78. The van der Waals surface area contributed by atoms with Gasteiger partial charge in [0, 0.05) is 32.6 Å². The lowest BCUT2D eigenvalue weighted by Crippen LogP contribution is -2.31. The Kier molecular flexibility index (Phi) is 6.91. The van der Waals surface area contributed by atoms with Gasteiger partial charge >= 0.3 is 0 Å². The maximum absolute atomic E-state index is 12.3. The van der Waals surface area contributed by atoms with Gasteiger partial charge in [-0.1, -0.05) is 18.2 Å². The second kappa shape index (κ2) is 9.16. The minimum Gasteiger partial charge on any atom is -0.397 e. The van der Waals surface area contributed by atoms with Crippen molar-refractivity contribution < 1.29 is 4.79 Å². The number of anilines is 2. The maximum Gasteiger partial charge on any atom is 0.223 e. The van der Waals surface area contributed by atoms with Crippen LogP contribution in [0, 0.1) is 0 Å². The third kappa shape index (κ3) is 4.88. The predicted octanol–water partition coefficient (Wildman–Crippen LogP) is 3.39. The number of rotatable bonds is 8. The molecule has 1 amide bonds. The largest absolute Gasteiger partial charge is 0.397 e. The number of piperidine rings is 1. The lowest BCUT2D eigenvalue weighted by molar-refractivity contribution is -0.130. The molecular formula is C20H29N3O. The van der Waals surface area contributed by atoms with E-state index in [1.54, 1.807) is 17.1 Å². The number of nitrogens with two attached hydrogens (primary N) is 1. The van der Waals surface area contributed by atoms with Crippen LogP contribution in [0.25, 0.3) is 0 Å². The van der Waals surface area contributed by atoms with Gasteiger partial charge in [-0.3, -0.25) is 4.79 Å². The summed E-state index contributed by atoms with van der Waals surface area (Å²) in [6.45, 7) is 10.7. The molecule has 1 heterocycles. The standard InChI is InChI=1S/C20H29N3O/c1-3-12-23(13-4-2)20(24)11-9-17-8-10-19(18(21)16-17)22-14-6-5-7-15-22/h3-4,8,10,16H,1-2,5-7,9,11-15,21H2. The average molecular weight is 327 g/mol. The fourth-order valence-corrected chi connectivity index (χ4v) is 3.18. The van der Waals surface area contributed by atoms with Crippen molar-refractivity contribution in [2.75, 3.05) is 36.8 Å². The van der Waals surface area contributed by atoms with Gasteiger partial charge in [0.05, 0.1) is 11.4 Å². The molecular weight excluding hydrogens is 298 g/mol. The van der Waals surface area contributed by atoms with Crippen LogP contribution in [0.4, 0.5) is 11.4 Å². The molecule has 0 atom stereocenters. The van der Waals surface area contributed by atoms with E-state index in [9.17, 15) is 4.79 Å². The Hall–Kier alpha value is -2.23. The molecule has 4 heteroatoms. The molecule has 0 spiro atoms. The number of carbonyl (C=O) groups is 1. The van der Waals surface area contributed by atoms with Crippen LogP contribution in [0.15, 0.2) is 43.5 Å². The van der Waals surface area contributed by atoms with Crippen LogP contribution >= 0.6 is 0 Å². The van der Waals surface area contributed by atoms with E-state index in [0.29, 0.717) is 25.9 Å². The van der Waals surface area contributed by atoms with Crippen LogP contribution in [-0.4, -0.2) is 37.0 Å². The Balaban J connectivity index is 1.95. The van der Waals surface area contributed by atoms with Crippen molar-refractivity contribution in [2.45, 2.75) is 32.1 Å². The van der Waals surface area contributed by atoms with Gasteiger partial charge in [0.15, 0.2) is 0 Å². The van der Waals surface area contributed by atoms with Gasteiger partial charge in [-0.15, -0.1) is 13.2 Å². The van der Waals surface area contributed by atoms with Crippen molar-refractivity contribution in [1.29, 1.82) is 0 Å². The van der Waals surface area contributed by atoms with Crippen LogP contribution in [0.2, 0.25) is 0 Å². The molecule has 24 heavy (non-hydrogen) atoms. The number of carbonyl (C=O) groups excluding carboxylic acids is 1. The number of benzene rings is 1. The first-order valence-corrected chi connectivity index (χ1v) is 8.78. The van der Waals surface area contributed by atoms with Gasteiger partial charge < -0.3 is 15.5 Å². The van der Waals surface area contributed by atoms with Crippen LogP contribution in [0.3, 0.4) is 0 Å².